The summed E-state index contributed by atoms with van der Waals surface area (Å²) in [6.45, 7) is 1.20. The van der Waals surface area contributed by atoms with Crippen LogP contribution in [0, 0.1) is 0 Å². The molecule has 1 unspecified atom stereocenters. The summed E-state index contributed by atoms with van der Waals surface area (Å²) in [6, 6.07) is 12.7. The van der Waals surface area contributed by atoms with Gasteiger partial charge in [0.2, 0.25) is 0 Å². The van der Waals surface area contributed by atoms with Crippen LogP contribution in [0.4, 0.5) is 5.13 Å². The molecule has 0 saturated carbocycles. The molecule has 32 heavy (non-hydrogen) atoms. The lowest BCUT2D eigenvalue weighted by molar-refractivity contribution is -0.0246. The van der Waals surface area contributed by atoms with Crippen LogP contribution >= 0.6 is 11.3 Å². The molecule has 1 saturated heterocycles. The Morgan fingerprint density at radius 3 is 2.88 bits per heavy atom. The van der Waals surface area contributed by atoms with E-state index in [0.717, 1.165) is 5.39 Å². The molecule has 2 amide bonds. The minimum absolute atomic E-state index is 0.103. The lowest BCUT2D eigenvalue weighted by Crippen LogP contribution is -2.42. The lowest BCUT2D eigenvalue weighted by atomic mass is 10.0. The first-order valence-corrected chi connectivity index (χ1v) is 11.0. The first-order valence-electron chi connectivity index (χ1n) is 10.1. The summed E-state index contributed by atoms with van der Waals surface area (Å²) < 4.78 is 5.96. The molecule has 1 fully saturated rings. The number of aromatic nitrogens is 3. The van der Waals surface area contributed by atoms with Gasteiger partial charge >= 0.3 is 0 Å². The molecular weight excluding hydrogens is 426 g/mol. The quantitative estimate of drug-likeness (QED) is 0.516. The molecule has 3 aromatic heterocycles. The highest BCUT2D eigenvalue weighted by molar-refractivity contribution is 7.13. The molecule has 0 radical (unpaired) electrons. The van der Waals surface area contributed by atoms with Crippen molar-refractivity contribution in [2.45, 2.75) is 6.10 Å². The highest BCUT2D eigenvalue weighted by atomic mass is 32.1. The number of morpholine rings is 1. The normalized spacial score (nSPS) is 16.1. The van der Waals surface area contributed by atoms with Crippen molar-refractivity contribution in [2.75, 3.05) is 25.0 Å². The van der Waals surface area contributed by atoms with Gasteiger partial charge in [0.05, 0.1) is 35.5 Å². The molecule has 9 heteroatoms. The van der Waals surface area contributed by atoms with Gasteiger partial charge in [0, 0.05) is 35.9 Å². The fraction of sp³-hybridized carbons (Fsp3) is 0.174. The van der Waals surface area contributed by atoms with Crippen molar-refractivity contribution in [3.05, 3.63) is 83.3 Å². The molecule has 5 rings (SSSR count). The molecule has 0 aliphatic carbocycles. The van der Waals surface area contributed by atoms with Gasteiger partial charge in [0.25, 0.3) is 11.8 Å². The smallest absolute Gasteiger partial charge is 0.258 e. The Balaban J connectivity index is 1.46. The SMILES string of the molecule is O=C(Nc1nccs1)c1cc(C2CN(C(=O)c3cccnc3)CCO2)nc2ccccc12. The third-order valence-electron chi connectivity index (χ3n) is 5.23. The van der Waals surface area contributed by atoms with Crippen molar-refractivity contribution in [2.24, 2.45) is 0 Å². The van der Waals surface area contributed by atoms with Crippen molar-refractivity contribution < 1.29 is 14.3 Å². The molecule has 1 aliphatic rings. The zero-order valence-corrected chi connectivity index (χ0v) is 17.8. The number of fused-ring (bicyclic) bond motifs is 1. The molecule has 1 aromatic carbocycles. The number of pyridine rings is 2. The second kappa shape index (κ2) is 8.81. The second-order valence-electron chi connectivity index (χ2n) is 7.26. The average molecular weight is 446 g/mol. The molecule has 1 N–H and O–H groups in total. The number of nitrogens with zero attached hydrogens (tertiary/aromatic N) is 4. The van der Waals surface area contributed by atoms with Gasteiger partial charge in [-0.05, 0) is 24.3 Å². The number of para-hydroxylation sites is 1. The van der Waals surface area contributed by atoms with E-state index >= 15 is 0 Å². The topological polar surface area (TPSA) is 97.3 Å². The van der Waals surface area contributed by atoms with Crippen LogP contribution in [-0.4, -0.2) is 51.4 Å². The summed E-state index contributed by atoms with van der Waals surface area (Å²) in [7, 11) is 0. The Hall–Kier alpha value is -3.69. The van der Waals surface area contributed by atoms with Gasteiger partial charge in [-0.2, -0.15) is 0 Å². The molecule has 160 valence electrons. The number of carbonyl (C=O) groups is 2. The molecule has 1 atom stereocenters. The molecule has 0 spiro atoms. The predicted octanol–water partition coefficient (Wildman–Crippen LogP) is 3.55. The number of amides is 2. The molecular formula is C23H19N5O3S. The van der Waals surface area contributed by atoms with Crippen LogP contribution in [0.5, 0.6) is 0 Å². The van der Waals surface area contributed by atoms with Crippen LogP contribution in [0.1, 0.15) is 32.5 Å². The largest absolute Gasteiger partial charge is 0.368 e. The third-order valence-corrected chi connectivity index (χ3v) is 5.91. The first-order chi connectivity index (χ1) is 15.7. The van der Waals surface area contributed by atoms with E-state index < -0.39 is 6.10 Å². The van der Waals surface area contributed by atoms with Crippen molar-refractivity contribution >= 4 is 39.2 Å². The number of carbonyl (C=O) groups excluding carboxylic acids is 2. The Morgan fingerprint density at radius 2 is 2.06 bits per heavy atom. The zero-order chi connectivity index (χ0) is 21.9. The minimum atomic E-state index is -0.444. The Morgan fingerprint density at radius 1 is 1.16 bits per heavy atom. The second-order valence-corrected chi connectivity index (χ2v) is 8.15. The summed E-state index contributed by atoms with van der Waals surface area (Å²) in [5.74, 6) is -0.368. The number of benzene rings is 1. The summed E-state index contributed by atoms with van der Waals surface area (Å²) >= 11 is 1.35. The van der Waals surface area contributed by atoms with Crippen LogP contribution in [-0.2, 0) is 4.74 Å². The van der Waals surface area contributed by atoms with Crippen molar-refractivity contribution in [3.8, 4) is 0 Å². The van der Waals surface area contributed by atoms with Crippen LogP contribution in [0.3, 0.4) is 0 Å². The van der Waals surface area contributed by atoms with Crippen LogP contribution in [0.2, 0.25) is 0 Å². The minimum Gasteiger partial charge on any atom is -0.368 e. The van der Waals surface area contributed by atoms with Crippen molar-refractivity contribution in [1.82, 2.24) is 19.9 Å². The van der Waals surface area contributed by atoms with Crippen LogP contribution in [0.25, 0.3) is 10.9 Å². The van der Waals surface area contributed by atoms with Gasteiger partial charge in [-0.1, -0.05) is 18.2 Å². The highest BCUT2D eigenvalue weighted by Crippen LogP contribution is 2.27. The van der Waals surface area contributed by atoms with E-state index in [9.17, 15) is 9.59 Å². The van der Waals surface area contributed by atoms with Gasteiger partial charge in [0.1, 0.15) is 6.10 Å². The zero-order valence-electron chi connectivity index (χ0n) is 17.0. The fourth-order valence-electron chi connectivity index (χ4n) is 3.68. The molecule has 4 aromatic rings. The van der Waals surface area contributed by atoms with Gasteiger partial charge in [0.15, 0.2) is 5.13 Å². The van der Waals surface area contributed by atoms with E-state index in [1.807, 2.05) is 24.3 Å². The van der Waals surface area contributed by atoms with Crippen molar-refractivity contribution in [3.63, 3.8) is 0 Å². The summed E-state index contributed by atoms with van der Waals surface area (Å²) in [5, 5.41) is 5.91. The van der Waals surface area contributed by atoms with Gasteiger partial charge in [-0.25, -0.2) is 9.97 Å². The fourth-order valence-corrected chi connectivity index (χ4v) is 4.21. The van der Waals surface area contributed by atoms with Crippen molar-refractivity contribution in [1.29, 1.82) is 0 Å². The monoisotopic (exact) mass is 445 g/mol. The maximum Gasteiger partial charge on any atom is 0.258 e. The predicted molar refractivity (Wildman–Crippen MR) is 121 cm³/mol. The lowest BCUT2D eigenvalue weighted by Gasteiger charge is -2.33. The van der Waals surface area contributed by atoms with Crippen LogP contribution < -0.4 is 5.32 Å². The number of thiazole rings is 1. The number of hydrogen-bond donors (Lipinski definition) is 1. The average Bonchev–Trinajstić information content (AvgIpc) is 3.36. The molecule has 1 aliphatic heterocycles. The Kier molecular flexibility index (Phi) is 5.57. The van der Waals surface area contributed by atoms with E-state index in [4.69, 9.17) is 9.72 Å². The summed E-state index contributed by atoms with van der Waals surface area (Å²) in [4.78, 5) is 40.5. The summed E-state index contributed by atoms with van der Waals surface area (Å²) in [6.07, 6.45) is 4.39. The molecule has 4 heterocycles. The van der Waals surface area contributed by atoms with E-state index in [0.29, 0.717) is 47.2 Å². The Labute approximate surface area is 187 Å². The maximum atomic E-state index is 13.0. The van der Waals surface area contributed by atoms with Crippen LogP contribution in [0.15, 0.2) is 66.4 Å². The standard InChI is InChI=1S/C23H19N5O3S/c29-21(27-23-25-8-11-32-23)17-12-19(26-18-6-2-1-5-16(17)18)20-14-28(9-10-31-20)22(30)15-4-3-7-24-13-15/h1-8,11-13,20H,9-10,14H2,(H,25,27,29). The molecule has 0 bridgehead atoms. The number of nitrogens with one attached hydrogen (secondary N) is 1. The summed E-state index contributed by atoms with van der Waals surface area (Å²) in [5.41, 5.74) is 2.31. The first kappa shape index (κ1) is 20.2. The number of anilines is 1. The van der Waals surface area contributed by atoms with Gasteiger partial charge in [-0.15, -0.1) is 11.3 Å². The molecule has 8 nitrogen and oxygen atoms in total. The number of rotatable bonds is 4. The maximum absolute atomic E-state index is 13.0. The highest BCUT2D eigenvalue weighted by Gasteiger charge is 2.28. The van der Waals surface area contributed by atoms with Gasteiger partial charge in [-0.3, -0.25) is 19.9 Å². The van der Waals surface area contributed by atoms with E-state index in [1.54, 1.807) is 47.1 Å². The number of ether oxygens (including phenoxy) is 1. The number of hydrogen-bond acceptors (Lipinski definition) is 7. The van der Waals surface area contributed by atoms with E-state index in [2.05, 4.69) is 15.3 Å². The third kappa shape index (κ3) is 4.08. The van der Waals surface area contributed by atoms with E-state index in [-0.39, 0.29) is 11.8 Å². The van der Waals surface area contributed by atoms with E-state index in [1.165, 1.54) is 11.3 Å². The van der Waals surface area contributed by atoms with Gasteiger partial charge < -0.3 is 9.64 Å². The Bertz CT molecular complexity index is 1260.